The maximum absolute atomic E-state index is 11.4. The molecule has 24 heavy (non-hydrogen) atoms. The van der Waals surface area contributed by atoms with Crippen LogP contribution in [0.3, 0.4) is 0 Å². The summed E-state index contributed by atoms with van der Waals surface area (Å²) in [4.78, 5) is 17.9. The minimum absolute atomic E-state index is 0.0548. The van der Waals surface area contributed by atoms with Crippen LogP contribution in [0, 0.1) is 0 Å². The second-order valence-corrected chi connectivity index (χ2v) is 6.58. The second kappa shape index (κ2) is 7.75. The molecule has 0 bridgehead atoms. The molecule has 6 heteroatoms. The molecule has 2 aliphatic rings. The fourth-order valence-corrected chi connectivity index (χ4v) is 3.35. The van der Waals surface area contributed by atoms with Gasteiger partial charge in [-0.15, -0.1) is 0 Å². The van der Waals surface area contributed by atoms with Crippen molar-refractivity contribution in [2.75, 3.05) is 63.1 Å². The molecule has 2 saturated heterocycles. The number of anilines is 2. The number of benzene rings is 1. The molecule has 1 amide bonds. The van der Waals surface area contributed by atoms with E-state index < -0.39 is 0 Å². The number of cyclic esters (lactones) is 1. The first-order valence-electron chi connectivity index (χ1n) is 8.88. The minimum Gasteiger partial charge on any atom is -0.444 e. The van der Waals surface area contributed by atoms with Gasteiger partial charge in [0, 0.05) is 57.7 Å². The number of ether oxygens (including phenoxy) is 1. The van der Waals surface area contributed by atoms with Crippen molar-refractivity contribution in [2.45, 2.75) is 19.4 Å². The Morgan fingerprint density at radius 1 is 1.17 bits per heavy atom. The largest absolute Gasteiger partial charge is 0.444 e. The lowest BCUT2D eigenvalue weighted by atomic mass is 10.2. The Bertz CT molecular complexity index is 540. The highest BCUT2D eigenvalue weighted by atomic mass is 16.6. The van der Waals surface area contributed by atoms with E-state index in [1.807, 2.05) is 0 Å². The van der Waals surface area contributed by atoms with Crippen molar-refractivity contribution in [1.29, 1.82) is 0 Å². The second-order valence-electron chi connectivity index (χ2n) is 6.58. The van der Waals surface area contributed by atoms with E-state index in [-0.39, 0.29) is 12.2 Å². The van der Waals surface area contributed by atoms with E-state index in [0.29, 0.717) is 0 Å². The summed E-state index contributed by atoms with van der Waals surface area (Å²) in [7, 11) is 1.79. The van der Waals surface area contributed by atoms with E-state index in [1.54, 1.807) is 11.9 Å². The van der Waals surface area contributed by atoms with E-state index in [2.05, 4.69) is 46.3 Å². The van der Waals surface area contributed by atoms with E-state index in [1.165, 1.54) is 11.4 Å². The molecule has 2 heterocycles. The van der Waals surface area contributed by atoms with Gasteiger partial charge in [-0.3, -0.25) is 4.90 Å². The normalized spacial score (nSPS) is 21.9. The lowest BCUT2D eigenvalue weighted by Gasteiger charge is -2.36. The molecule has 1 unspecified atom stereocenters. The average molecular weight is 332 g/mol. The molecule has 1 aromatic carbocycles. The lowest BCUT2D eigenvalue weighted by molar-refractivity contribution is 0.121. The summed E-state index contributed by atoms with van der Waals surface area (Å²) >= 11 is 0. The Hall–Kier alpha value is -1.95. The summed E-state index contributed by atoms with van der Waals surface area (Å²) in [6.45, 7) is 8.99. The molecular weight excluding hydrogens is 304 g/mol. The molecule has 0 saturated carbocycles. The van der Waals surface area contributed by atoms with Crippen molar-refractivity contribution in [1.82, 2.24) is 9.80 Å². The van der Waals surface area contributed by atoms with Gasteiger partial charge in [0.05, 0.1) is 6.54 Å². The number of nitrogens with one attached hydrogen (secondary N) is 1. The molecule has 0 radical (unpaired) electrons. The van der Waals surface area contributed by atoms with Crippen LogP contribution >= 0.6 is 0 Å². The molecule has 0 spiro atoms. The molecule has 1 atom stereocenters. The van der Waals surface area contributed by atoms with Gasteiger partial charge in [-0.1, -0.05) is 0 Å². The van der Waals surface area contributed by atoms with Gasteiger partial charge < -0.3 is 19.9 Å². The van der Waals surface area contributed by atoms with E-state index >= 15 is 0 Å². The van der Waals surface area contributed by atoms with E-state index in [9.17, 15) is 4.79 Å². The van der Waals surface area contributed by atoms with Gasteiger partial charge in [-0.25, -0.2) is 4.79 Å². The van der Waals surface area contributed by atoms with Gasteiger partial charge in [0.15, 0.2) is 0 Å². The van der Waals surface area contributed by atoms with Crippen LogP contribution in [0.1, 0.15) is 13.3 Å². The Labute approximate surface area is 144 Å². The summed E-state index contributed by atoms with van der Waals surface area (Å²) in [5.41, 5.74) is 2.47. The summed E-state index contributed by atoms with van der Waals surface area (Å²) in [5, 5.41) is 3.33. The molecule has 3 rings (SSSR count). The van der Waals surface area contributed by atoms with Gasteiger partial charge in [0.2, 0.25) is 0 Å². The monoisotopic (exact) mass is 332 g/mol. The summed E-state index contributed by atoms with van der Waals surface area (Å²) in [6, 6.07) is 8.69. The predicted octanol–water partition coefficient (Wildman–Crippen LogP) is 2.08. The van der Waals surface area contributed by atoms with Crippen LogP contribution in [-0.4, -0.2) is 74.9 Å². The first kappa shape index (κ1) is 16.9. The highest BCUT2D eigenvalue weighted by molar-refractivity contribution is 5.69. The number of piperazine rings is 1. The predicted molar refractivity (Wildman–Crippen MR) is 96.8 cm³/mol. The Balaban J connectivity index is 1.41. The third-order valence-corrected chi connectivity index (χ3v) is 4.81. The van der Waals surface area contributed by atoms with E-state index in [0.717, 1.165) is 52.2 Å². The number of hydrogen-bond donors (Lipinski definition) is 1. The number of amides is 1. The molecule has 1 aromatic rings. The average Bonchev–Trinajstić information content (AvgIpc) is 2.93. The molecule has 6 nitrogen and oxygen atoms in total. The lowest BCUT2D eigenvalue weighted by Crippen LogP contribution is -2.47. The van der Waals surface area contributed by atoms with Crippen LogP contribution in [0.5, 0.6) is 0 Å². The van der Waals surface area contributed by atoms with Crippen molar-refractivity contribution in [3.8, 4) is 0 Å². The standard InChI is InChI=1S/C18H28N4O2/c1-3-19-15-4-6-16(7-5-15)22-12-10-21(11-13-22)9-8-17-14-20(2)18(23)24-17/h4-7,17,19H,3,8-14H2,1-2H3. The molecule has 2 fully saturated rings. The van der Waals surface area contributed by atoms with Crippen LogP contribution in [0.25, 0.3) is 0 Å². The number of likely N-dealkylation sites (N-methyl/N-ethyl adjacent to an activating group) is 1. The zero-order valence-electron chi connectivity index (χ0n) is 14.7. The fraction of sp³-hybridized carbons (Fsp3) is 0.611. The van der Waals surface area contributed by atoms with Gasteiger partial charge in [0.1, 0.15) is 6.10 Å². The van der Waals surface area contributed by atoms with Crippen LogP contribution < -0.4 is 10.2 Å². The number of hydrogen-bond acceptors (Lipinski definition) is 5. The molecular formula is C18H28N4O2. The highest BCUT2D eigenvalue weighted by Crippen LogP contribution is 2.20. The van der Waals surface area contributed by atoms with Crippen LogP contribution in [0.4, 0.5) is 16.2 Å². The third kappa shape index (κ3) is 4.12. The van der Waals surface area contributed by atoms with Crippen molar-refractivity contribution in [3.05, 3.63) is 24.3 Å². The summed E-state index contributed by atoms with van der Waals surface area (Å²) in [5.74, 6) is 0. The summed E-state index contributed by atoms with van der Waals surface area (Å²) in [6.07, 6.45) is 0.790. The SMILES string of the molecule is CCNc1ccc(N2CCN(CCC3CN(C)C(=O)O3)CC2)cc1. The van der Waals surface area contributed by atoms with Crippen molar-refractivity contribution >= 4 is 17.5 Å². The van der Waals surface area contributed by atoms with Crippen LogP contribution in [0.2, 0.25) is 0 Å². The van der Waals surface area contributed by atoms with Gasteiger partial charge in [-0.2, -0.15) is 0 Å². The zero-order valence-corrected chi connectivity index (χ0v) is 14.7. The third-order valence-electron chi connectivity index (χ3n) is 4.81. The number of rotatable bonds is 6. The molecule has 0 aromatic heterocycles. The van der Waals surface area contributed by atoms with Crippen LogP contribution in [0.15, 0.2) is 24.3 Å². The number of carbonyl (C=O) groups is 1. The first-order chi connectivity index (χ1) is 11.7. The minimum atomic E-state index is -0.189. The molecule has 0 aliphatic carbocycles. The van der Waals surface area contributed by atoms with Crippen LogP contribution in [-0.2, 0) is 4.74 Å². The quantitative estimate of drug-likeness (QED) is 0.864. The fourth-order valence-electron chi connectivity index (χ4n) is 3.35. The Morgan fingerprint density at radius 2 is 1.88 bits per heavy atom. The molecule has 2 aliphatic heterocycles. The van der Waals surface area contributed by atoms with Crippen molar-refractivity contribution in [2.24, 2.45) is 0 Å². The van der Waals surface area contributed by atoms with Gasteiger partial charge in [0.25, 0.3) is 0 Å². The van der Waals surface area contributed by atoms with Gasteiger partial charge >= 0.3 is 6.09 Å². The number of carbonyl (C=O) groups excluding carboxylic acids is 1. The topological polar surface area (TPSA) is 48.0 Å². The van der Waals surface area contributed by atoms with E-state index in [4.69, 9.17) is 4.74 Å². The maximum Gasteiger partial charge on any atom is 0.409 e. The van der Waals surface area contributed by atoms with Gasteiger partial charge in [-0.05, 0) is 37.6 Å². The van der Waals surface area contributed by atoms with Crippen molar-refractivity contribution < 1.29 is 9.53 Å². The molecule has 132 valence electrons. The maximum atomic E-state index is 11.4. The Kier molecular flexibility index (Phi) is 5.45. The smallest absolute Gasteiger partial charge is 0.409 e. The molecule has 1 N–H and O–H groups in total. The Morgan fingerprint density at radius 3 is 2.46 bits per heavy atom. The number of nitrogens with zero attached hydrogens (tertiary/aromatic N) is 3. The highest BCUT2D eigenvalue weighted by Gasteiger charge is 2.28. The summed E-state index contributed by atoms with van der Waals surface area (Å²) < 4.78 is 5.33. The van der Waals surface area contributed by atoms with Crippen molar-refractivity contribution in [3.63, 3.8) is 0 Å². The zero-order chi connectivity index (χ0) is 16.9. The first-order valence-corrected chi connectivity index (χ1v) is 8.88.